The number of rotatable bonds is 6. The smallest absolute Gasteiger partial charge is 0.355 e. The third-order valence-corrected chi connectivity index (χ3v) is 10.3. The largest absolute Gasteiger partial charge is 0.476 e. The van der Waals surface area contributed by atoms with Gasteiger partial charge in [-0.2, -0.15) is 0 Å². The van der Waals surface area contributed by atoms with E-state index in [2.05, 4.69) is 38.8 Å². The molecule has 1 aliphatic heterocycles. The fourth-order valence-corrected chi connectivity index (χ4v) is 4.14. The number of aromatic nitrogens is 1. The average Bonchev–Trinajstić information content (AvgIpc) is 3.05. The first-order valence-corrected chi connectivity index (χ1v) is 11.9. The first kappa shape index (κ1) is 19.1. The normalized spacial score (nSPS) is 19.1. The zero-order valence-corrected chi connectivity index (χ0v) is 16.8. The molecule has 0 spiro atoms. The summed E-state index contributed by atoms with van der Waals surface area (Å²) in [7, 11) is -1.86. The van der Waals surface area contributed by atoms with E-state index in [1.807, 2.05) is 0 Å². The molecule has 0 unspecified atom stereocenters. The second kappa shape index (κ2) is 6.93. The van der Waals surface area contributed by atoms with Gasteiger partial charge < -0.3 is 14.4 Å². The molecule has 0 aliphatic carbocycles. The quantitative estimate of drug-likeness (QED) is 0.777. The number of carbonyl (C=O) groups is 2. The van der Waals surface area contributed by atoms with Crippen molar-refractivity contribution in [2.24, 2.45) is 0 Å². The molecule has 1 saturated heterocycles. The number of likely N-dealkylation sites (tertiary alicyclic amines) is 1. The van der Waals surface area contributed by atoms with Gasteiger partial charge in [0.25, 0.3) is 0 Å². The lowest BCUT2D eigenvalue weighted by atomic mass is 10.2. The van der Waals surface area contributed by atoms with Gasteiger partial charge in [0.05, 0.1) is 19.2 Å². The Bertz CT molecular complexity index is 624. The highest BCUT2D eigenvalue weighted by Gasteiger charge is 2.39. The fraction of sp³-hybridized carbons (Fsp3) is 0.688. The lowest BCUT2D eigenvalue weighted by molar-refractivity contribution is -0.130. The Morgan fingerprint density at radius 3 is 2.71 bits per heavy atom. The van der Waals surface area contributed by atoms with Crippen molar-refractivity contribution in [3.63, 3.8) is 0 Å². The minimum atomic E-state index is -1.86. The number of nitrogens with zero attached hydrogens (tertiary/aromatic N) is 2. The number of thiazole rings is 1. The van der Waals surface area contributed by atoms with Crippen LogP contribution in [0.25, 0.3) is 0 Å². The van der Waals surface area contributed by atoms with Gasteiger partial charge in [-0.3, -0.25) is 4.79 Å². The van der Waals surface area contributed by atoms with Crippen molar-refractivity contribution in [1.29, 1.82) is 0 Å². The van der Waals surface area contributed by atoms with E-state index >= 15 is 0 Å². The summed E-state index contributed by atoms with van der Waals surface area (Å²) in [6.07, 6.45) is 1.30. The van der Waals surface area contributed by atoms with Gasteiger partial charge in [0.1, 0.15) is 5.01 Å². The molecule has 134 valence electrons. The predicted molar refractivity (Wildman–Crippen MR) is 95.8 cm³/mol. The molecule has 2 rings (SSSR count). The van der Waals surface area contributed by atoms with Crippen LogP contribution in [0.5, 0.6) is 0 Å². The molecule has 0 radical (unpaired) electrons. The first-order valence-electron chi connectivity index (χ1n) is 8.12. The second-order valence-electron chi connectivity index (χ2n) is 7.72. The van der Waals surface area contributed by atoms with Crippen molar-refractivity contribution in [2.75, 3.05) is 6.61 Å². The molecule has 0 saturated carbocycles. The summed E-state index contributed by atoms with van der Waals surface area (Å²) in [4.78, 5) is 29.0. The molecule has 0 bridgehead atoms. The molecule has 1 amide bonds. The molecule has 1 aromatic heterocycles. The molecule has 1 atom stereocenters. The summed E-state index contributed by atoms with van der Waals surface area (Å²) in [6, 6.07) is 0.0452. The van der Waals surface area contributed by atoms with E-state index in [1.165, 1.54) is 16.7 Å². The van der Waals surface area contributed by atoms with Crippen LogP contribution in [0, 0.1) is 0 Å². The van der Waals surface area contributed by atoms with E-state index in [1.54, 1.807) is 4.90 Å². The lowest BCUT2D eigenvalue weighted by Crippen LogP contribution is -2.45. The first-order chi connectivity index (χ1) is 11.0. The van der Waals surface area contributed by atoms with Gasteiger partial charge in [-0.15, -0.1) is 11.3 Å². The van der Waals surface area contributed by atoms with E-state index < -0.39 is 14.3 Å². The van der Waals surface area contributed by atoms with Gasteiger partial charge in [0, 0.05) is 11.8 Å². The fourth-order valence-electron chi connectivity index (χ4n) is 2.33. The topological polar surface area (TPSA) is 79.7 Å². The average molecular weight is 371 g/mol. The number of carboxylic acids is 1. The maximum absolute atomic E-state index is 12.2. The maximum atomic E-state index is 12.2. The highest BCUT2D eigenvalue weighted by molar-refractivity contribution is 7.09. The number of aromatic carboxylic acids is 1. The van der Waals surface area contributed by atoms with Crippen LogP contribution in [0.2, 0.25) is 18.1 Å². The van der Waals surface area contributed by atoms with E-state index in [-0.39, 0.29) is 22.7 Å². The maximum Gasteiger partial charge on any atom is 0.355 e. The van der Waals surface area contributed by atoms with Gasteiger partial charge in [-0.05, 0) is 24.6 Å². The molecular weight excluding hydrogens is 344 g/mol. The van der Waals surface area contributed by atoms with Crippen molar-refractivity contribution in [2.45, 2.75) is 64.3 Å². The van der Waals surface area contributed by atoms with Crippen LogP contribution >= 0.6 is 11.3 Å². The Balaban J connectivity index is 2.02. The van der Waals surface area contributed by atoms with Gasteiger partial charge in [0.2, 0.25) is 5.91 Å². The van der Waals surface area contributed by atoms with Crippen LogP contribution in [-0.2, 0) is 15.8 Å². The predicted octanol–water partition coefficient (Wildman–Crippen LogP) is 3.35. The third-order valence-electron chi connectivity index (χ3n) is 4.97. The second-order valence-corrected chi connectivity index (χ2v) is 13.5. The van der Waals surface area contributed by atoms with Crippen LogP contribution < -0.4 is 0 Å². The van der Waals surface area contributed by atoms with Gasteiger partial charge >= 0.3 is 5.97 Å². The zero-order chi connectivity index (χ0) is 18.1. The molecule has 1 aliphatic rings. The standard InChI is InChI=1S/C16H26N2O4SSi/c1-16(2,3)24(4,5)22-9-11-6-7-14(19)18(11)8-13-17-12(10-23-13)15(20)21/h10-11H,6-9H2,1-5H3,(H,20,21)/t11-/m1/s1. The van der Waals surface area contributed by atoms with Crippen molar-refractivity contribution < 1.29 is 19.1 Å². The monoisotopic (exact) mass is 370 g/mol. The molecule has 0 aromatic carbocycles. The van der Waals surface area contributed by atoms with Crippen LogP contribution in [-0.4, -0.2) is 47.8 Å². The molecule has 6 nitrogen and oxygen atoms in total. The number of carbonyl (C=O) groups excluding carboxylic acids is 1. The Labute approximate surface area is 148 Å². The van der Waals surface area contributed by atoms with E-state index in [0.717, 1.165) is 6.42 Å². The Morgan fingerprint density at radius 2 is 2.17 bits per heavy atom. The molecule has 2 heterocycles. The Hall–Kier alpha value is -1.25. The number of amides is 1. The zero-order valence-electron chi connectivity index (χ0n) is 15.0. The highest BCUT2D eigenvalue weighted by atomic mass is 32.1. The molecule has 1 fully saturated rings. The van der Waals surface area contributed by atoms with E-state index in [0.29, 0.717) is 24.6 Å². The van der Waals surface area contributed by atoms with E-state index in [4.69, 9.17) is 9.53 Å². The third kappa shape index (κ3) is 4.23. The summed E-state index contributed by atoms with van der Waals surface area (Å²) in [5.41, 5.74) is 0.0377. The molecular formula is C16H26N2O4SSi. The summed E-state index contributed by atoms with van der Waals surface area (Å²) in [5.74, 6) is -0.950. The SMILES string of the molecule is CC(C)(C)[Si](C)(C)OC[C@H]1CCC(=O)N1Cc1nc(C(=O)O)cs1. The summed E-state index contributed by atoms with van der Waals surface area (Å²) in [6.45, 7) is 11.9. The van der Waals surface area contributed by atoms with Crippen molar-refractivity contribution in [1.82, 2.24) is 9.88 Å². The summed E-state index contributed by atoms with van der Waals surface area (Å²) in [5, 5.41) is 11.3. The van der Waals surface area contributed by atoms with Crippen LogP contribution in [0.3, 0.4) is 0 Å². The lowest BCUT2D eigenvalue weighted by Gasteiger charge is -2.38. The van der Waals surface area contributed by atoms with Crippen LogP contribution in [0.1, 0.15) is 49.1 Å². The Morgan fingerprint density at radius 1 is 1.50 bits per heavy atom. The Kier molecular flexibility index (Phi) is 5.51. The molecule has 24 heavy (non-hydrogen) atoms. The summed E-state index contributed by atoms with van der Waals surface area (Å²) < 4.78 is 6.27. The van der Waals surface area contributed by atoms with Crippen LogP contribution in [0.15, 0.2) is 5.38 Å². The summed E-state index contributed by atoms with van der Waals surface area (Å²) >= 11 is 1.28. The minimum Gasteiger partial charge on any atom is -0.476 e. The van der Waals surface area contributed by atoms with E-state index in [9.17, 15) is 9.59 Å². The number of hydrogen-bond acceptors (Lipinski definition) is 5. The van der Waals surface area contributed by atoms with Crippen molar-refractivity contribution >= 4 is 31.5 Å². The molecule has 1 aromatic rings. The number of hydrogen-bond donors (Lipinski definition) is 1. The van der Waals surface area contributed by atoms with Gasteiger partial charge in [-0.1, -0.05) is 20.8 Å². The van der Waals surface area contributed by atoms with Crippen LogP contribution in [0.4, 0.5) is 0 Å². The molecule has 8 heteroatoms. The van der Waals surface area contributed by atoms with Gasteiger partial charge in [0.15, 0.2) is 14.0 Å². The van der Waals surface area contributed by atoms with Crippen molar-refractivity contribution in [3.8, 4) is 0 Å². The van der Waals surface area contributed by atoms with Gasteiger partial charge in [-0.25, -0.2) is 9.78 Å². The number of carboxylic acid groups (broad SMARTS) is 1. The highest BCUT2D eigenvalue weighted by Crippen LogP contribution is 2.37. The van der Waals surface area contributed by atoms with Crippen molar-refractivity contribution in [3.05, 3.63) is 16.1 Å². The minimum absolute atomic E-state index is 0.0377. The molecule has 1 N–H and O–H groups in total.